The first-order chi connectivity index (χ1) is 4.18. The van der Waals surface area contributed by atoms with Crippen molar-refractivity contribution in [3.8, 4) is 0 Å². The Hall–Kier alpha value is 0.663. The van der Waals surface area contributed by atoms with Crippen LogP contribution in [0.2, 0.25) is 0 Å². The number of carboxylic acid groups (broad SMARTS) is 1. The topological polar surface area (TPSA) is 63.3 Å². The van der Waals surface area contributed by atoms with Crippen molar-refractivity contribution < 1.29 is 9.90 Å². The van der Waals surface area contributed by atoms with Gasteiger partial charge in [-0.2, -0.15) is 11.8 Å². The molecule has 0 aromatic rings. The van der Waals surface area contributed by atoms with Crippen LogP contribution in [0, 0.1) is 0 Å². The van der Waals surface area contributed by atoms with Crippen LogP contribution in [-0.4, -0.2) is 55.3 Å². The van der Waals surface area contributed by atoms with Crippen LogP contribution in [0.4, 0.5) is 0 Å². The van der Waals surface area contributed by atoms with Crippen LogP contribution < -0.4 is 5.73 Å². The molecule has 0 heterocycles. The summed E-state index contributed by atoms with van der Waals surface area (Å²) in [7, 11) is 0. The largest absolute Gasteiger partial charge is 0.480 e. The van der Waals surface area contributed by atoms with Crippen LogP contribution in [0.1, 0.15) is 6.42 Å². The molecule has 3 nitrogen and oxygen atoms in total. The number of nitrogens with two attached hydrogens (primary N) is 1. The van der Waals surface area contributed by atoms with Crippen LogP contribution in [0.15, 0.2) is 0 Å². The predicted molar refractivity (Wildman–Crippen MR) is 44.4 cm³/mol. The van der Waals surface area contributed by atoms with E-state index < -0.39 is 12.0 Å². The van der Waals surface area contributed by atoms with E-state index in [1.54, 1.807) is 11.8 Å². The molecule has 3 N–H and O–H groups in total. The van der Waals surface area contributed by atoms with Gasteiger partial charge in [-0.1, -0.05) is 0 Å². The molecule has 0 rings (SSSR count). The maximum atomic E-state index is 10.1. The standard InChI is InChI=1S/C5H11NO2S.Bi/c1-9-3-2-4(6)5(7)8;/h4H,2-3,6H2,1H3,(H,7,8);/t4-;/m0./s1. The molecule has 59 valence electrons. The maximum Gasteiger partial charge on any atom is 0.320 e. The van der Waals surface area contributed by atoms with E-state index in [1.807, 2.05) is 6.26 Å². The first-order valence-corrected chi connectivity index (χ1v) is 4.05. The molecule has 0 amide bonds. The fourth-order valence-corrected chi connectivity index (χ4v) is 0.858. The molecule has 0 aliphatic carbocycles. The fraction of sp³-hybridized carbons (Fsp3) is 0.800. The van der Waals surface area contributed by atoms with Gasteiger partial charge in [0.15, 0.2) is 0 Å². The van der Waals surface area contributed by atoms with Crippen molar-refractivity contribution in [2.24, 2.45) is 5.73 Å². The average molecular weight is 358 g/mol. The number of thioether (sulfide) groups is 1. The first kappa shape index (κ1) is 13.3. The molecule has 3 radical (unpaired) electrons. The van der Waals surface area contributed by atoms with Crippen LogP contribution in [-0.2, 0) is 4.79 Å². The van der Waals surface area contributed by atoms with Gasteiger partial charge in [-0.15, -0.1) is 0 Å². The number of rotatable bonds is 4. The molecule has 0 unspecified atom stereocenters. The summed E-state index contributed by atoms with van der Waals surface area (Å²) in [5, 5.41) is 8.27. The molecular formula is C5H11BiNO2S. The van der Waals surface area contributed by atoms with Crippen molar-refractivity contribution in [1.82, 2.24) is 0 Å². The van der Waals surface area contributed by atoms with Gasteiger partial charge in [0, 0.05) is 26.2 Å². The van der Waals surface area contributed by atoms with Crippen LogP contribution in [0.3, 0.4) is 0 Å². The number of aliphatic carboxylic acids is 1. The molecule has 10 heavy (non-hydrogen) atoms. The van der Waals surface area contributed by atoms with E-state index in [1.165, 1.54) is 0 Å². The van der Waals surface area contributed by atoms with Gasteiger partial charge in [0.1, 0.15) is 6.04 Å². The normalized spacial score (nSPS) is 11.8. The zero-order chi connectivity index (χ0) is 7.28. The Kier molecular flexibility index (Phi) is 10.3. The minimum Gasteiger partial charge on any atom is -0.480 e. The molecule has 0 saturated heterocycles. The second kappa shape index (κ2) is 7.77. The van der Waals surface area contributed by atoms with Crippen LogP contribution in [0.5, 0.6) is 0 Å². The van der Waals surface area contributed by atoms with Gasteiger partial charge in [-0.25, -0.2) is 0 Å². The summed E-state index contributed by atoms with van der Waals surface area (Å²) in [6, 6.07) is -0.683. The number of carboxylic acids is 1. The minimum absolute atomic E-state index is 0. The summed E-state index contributed by atoms with van der Waals surface area (Å²) >= 11 is 1.60. The SMILES string of the molecule is CSCC[C@H](N)C(=O)O.[Bi]. The molecule has 0 spiro atoms. The Morgan fingerprint density at radius 3 is 2.60 bits per heavy atom. The van der Waals surface area contributed by atoms with Crippen molar-refractivity contribution in [2.45, 2.75) is 12.5 Å². The third kappa shape index (κ3) is 6.78. The van der Waals surface area contributed by atoms with Gasteiger partial charge in [0.2, 0.25) is 0 Å². The zero-order valence-corrected chi connectivity index (χ0v) is 10.1. The van der Waals surface area contributed by atoms with E-state index in [-0.39, 0.29) is 26.2 Å². The van der Waals surface area contributed by atoms with Gasteiger partial charge in [0.25, 0.3) is 0 Å². The third-order valence-electron chi connectivity index (χ3n) is 0.950. The molecule has 0 fully saturated rings. The Morgan fingerprint density at radius 2 is 2.30 bits per heavy atom. The summed E-state index contributed by atoms with van der Waals surface area (Å²) in [5.41, 5.74) is 5.19. The van der Waals surface area contributed by atoms with Crippen molar-refractivity contribution in [2.75, 3.05) is 12.0 Å². The van der Waals surface area contributed by atoms with Gasteiger partial charge < -0.3 is 10.8 Å². The molecular weight excluding hydrogens is 347 g/mol. The first-order valence-electron chi connectivity index (χ1n) is 2.65. The molecule has 1 atom stereocenters. The Balaban J connectivity index is 0. The molecule has 0 aliphatic heterocycles. The summed E-state index contributed by atoms with van der Waals surface area (Å²) in [6.07, 6.45) is 2.48. The zero-order valence-electron chi connectivity index (χ0n) is 5.78. The van der Waals surface area contributed by atoms with E-state index in [2.05, 4.69) is 0 Å². The van der Waals surface area contributed by atoms with Gasteiger partial charge >= 0.3 is 5.97 Å². The maximum absolute atomic E-state index is 10.1. The van der Waals surface area contributed by atoms with E-state index in [0.717, 1.165) is 5.75 Å². The third-order valence-corrected chi connectivity index (χ3v) is 1.59. The molecule has 0 aromatic carbocycles. The predicted octanol–water partition coefficient (Wildman–Crippen LogP) is -0.229. The summed E-state index contributed by atoms with van der Waals surface area (Å²) in [4.78, 5) is 10.1. The average Bonchev–Trinajstić information content (AvgIpc) is 1.82. The second-order valence-corrected chi connectivity index (χ2v) is 2.71. The Labute approximate surface area is 83.9 Å². The van der Waals surface area contributed by atoms with E-state index in [9.17, 15) is 4.79 Å². The number of hydrogen-bond acceptors (Lipinski definition) is 3. The van der Waals surface area contributed by atoms with Crippen molar-refractivity contribution >= 4 is 43.9 Å². The summed E-state index contributed by atoms with van der Waals surface area (Å²) in [5.74, 6) is -0.1000. The van der Waals surface area contributed by atoms with E-state index >= 15 is 0 Å². The minimum atomic E-state index is -0.913. The van der Waals surface area contributed by atoms with Crippen molar-refractivity contribution in [3.05, 3.63) is 0 Å². The van der Waals surface area contributed by atoms with Gasteiger partial charge in [-0.05, 0) is 18.4 Å². The van der Waals surface area contributed by atoms with Crippen LogP contribution >= 0.6 is 11.8 Å². The van der Waals surface area contributed by atoms with Gasteiger partial charge in [0.05, 0.1) is 0 Å². The van der Waals surface area contributed by atoms with Crippen LogP contribution in [0.25, 0.3) is 0 Å². The number of hydrogen-bond donors (Lipinski definition) is 2. The fourth-order valence-electron chi connectivity index (χ4n) is 0.368. The monoisotopic (exact) mass is 358 g/mol. The van der Waals surface area contributed by atoms with Gasteiger partial charge in [-0.3, -0.25) is 4.79 Å². The molecule has 5 heteroatoms. The molecule has 0 aromatic heterocycles. The molecule has 0 saturated carbocycles. The Morgan fingerprint density at radius 1 is 1.80 bits per heavy atom. The molecule has 0 aliphatic rings. The number of carbonyl (C=O) groups is 1. The molecule has 0 bridgehead atoms. The van der Waals surface area contributed by atoms with Crippen molar-refractivity contribution in [3.63, 3.8) is 0 Å². The summed E-state index contributed by atoms with van der Waals surface area (Å²) in [6.45, 7) is 0. The quantitative estimate of drug-likeness (QED) is 0.682. The second-order valence-electron chi connectivity index (χ2n) is 1.73. The van der Waals surface area contributed by atoms with E-state index in [0.29, 0.717) is 6.42 Å². The van der Waals surface area contributed by atoms with Crippen molar-refractivity contribution in [1.29, 1.82) is 0 Å². The smallest absolute Gasteiger partial charge is 0.320 e. The Bertz CT molecular complexity index is 102. The summed E-state index contributed by atoms with van der Waals surface area (Å²) < 4.78 is 0. The van der Waals surface area contributed by atoms with E-state index in [4.69, 9.17) is 10.8 Å².